The summed E-state index contributed by atoms with van der Waals surface area (Å²) in [5.74, 6) is 1.71. The molecular formula is C39H71N5O9. The zero-order chi connectivity index (χ0) is 39.1. The number of carboxylic acid groups (broad SMARTS) is 3. The Morgan fingerprint density at radius 2 is 1.00 bits per heavy atom. The van der Waals surface area contributed by atoms with Crippen LogP contribution in [0.1, 0.15) is 173 Å². The Hall–Kier alpha value is -3.26. The van der Waals surface area contributed by atoms with Crippen LogP contribution in [-0.2, 0) is 28.8 Å². The molecule has 1 aliphatic carbocycles. The number of nitrogens with two attached hydrogens (primary N) is 1. The smallest absolute Gasteiger partial charge is 0.326 e. The summed E-state index contributed by atoms with van der Waals surface area (Å²) in [4.78, 5) is 70.6. The number of aliphatic carboxylic acids is 3. The van der Waals surface area contributed by atoms with Crippen LogP contribution in [0.15, 0.2) is 0 Å². The van der Waals surface area contributed by atoms with Crippen LogP contribution in [0.4, 0.5) is 0 Å². The van der Waals surface area contributed by atoms with Gasteiger partial charge in [-0.15, -0.1) is 0 Å². The minimum Gasteiger partial charge on any atom is -0.481 e. The highest BCUT2D eigenvalue weighted by atomic mass is 16.4. The predicted molar refractivity (Wildman–Crippen MR) is 204 cm³/mol. The lowest BCUT2D eigenvalue weighted by molar-refractivity contribution is -0.143. The van der Waals surface area contributed by atoms with Crippen LogP contribution >= 0.6 is 0 Å². The van der Waals surface area contributed by atoms with Gasteiger partial charge in [0.05, 0.1) is 0 Å². The first-order chi connectivity index (χ1) is 25.5. The number of rotatable bonds is 34. The quantitative estimate of drug-likeness (QED) is 0.0230. The number of hydrogen-bond donors (Lipinski definition) is 8. The Morgan fingerprint density at radius 3 is 1.47 bits per heavy atom. The molecule has 0 aliphatic heterocycles. The molecule has 0 radical (unpaired) electrons. The molecule has 9 N–H and O–H groups in total. The molecule has 0 aromatic carbocycles. The Bertz CT molecular complexity index is 1050. The number of nitrogens with one attached hydrogen (secondary N) is 4. The zero-order valence-corrected chi connectivity index (χ0v) is 32.2. The molecule has 14 nitrogen and oxygen atoms in total. The van der Waals surface area contributed by atoms with Crippen LogP contribution in [0.25, 0.3) is 0 Å². The molecule has 2 atom stereocenters. The molecule has 1 fully saturated rings. The fraction of sp³-hybridized carbons (Fsp3) is 0.846. The average Bonchev–Trinajstić information content (AvgIpc) is 3.13. The number of amides is 3. The molecule has 0 bridgehead atoms. The van der Waals surface area contributed by atoms with Crippen molar-refractivity contribution in [3.05, 3.63) is 0 Å². The van der Waals surface area contributed by atoms with Crippen LogP contribution in [-0.4, -0.2) is 76.1 Å². The summed E-state index contributed by atoms with van der Waals surface area (Å²) < 4.78 is 0. The van der Waals surface area contributed by atoms with Crippen LogP contribution in [0.3, 0.4) is 0 Å². The second-order valence-corrected chi connectivity index (χ2v) is 14.9. The molecule has 0 saturated heterocycles. The normalized spacial score (nSPS) is 16.7. The SMILES string of the molecule is NN[C@@H](CCCCNC(=O)CC[C@H](NC(=O)C1CCC(CNC(=O)CCCCCCCCCCCCCCCCCCC(=O)O)CC1)C(=O)O)C(=O)O. The first kappa shape index (κ1) is 47.8. The van der Waals surface area contributed by atoms with Crippen LogP contribution in [0.5, 0.6) is 0 Å². The molecule has 1 saturated carbocycles. The third-order valence-electron chi connectivity index (χ3n) is 10.4. The van der Waals surface area contributed by atoms with E-state index in [-0.39, 0.29) is 36.5 Å². The number of hydrazine groups is 1. The van der Waals surface area contributed by atoms with Crippen molar-refractivity contribution in [3.63, 3.8) is 0 Å². The lowest BCUT2D eigenvalue weighted by Gasteiger charge is -2.28. The molecule has 0 unspecified atom stereocenters. The van der Waals surface area contributed by atoms with Gasteiger partial charge in [0.1, 0.15) is 12.1 Å². The summed E-state index contributed by atoms with van der Waals surface area (Å²) in [5.41, 5.74) is 2.22. The van der Waals surface area contributed by atoms with E-state index in [0.29, 0.717) is 64.0 Å². The van der Waals surface area contributed by atoms with Crippen molar-refractivity contribution in [1.82, 2.24) is 21.4 Å². The van der Waals surface area contributed by atoms with E-state index in [1.807, 2.05) is 0 Å². The van der Waals surface area contributed by atoms with Gasteiger partial charge in [0.15, 0.2) is 0 Å². The molecule has 14 heteroatoms. The molecule has 306 valence electrons. The van der Waals surface area contributed by atoms with E-state index in [1.165, 1.54) is 64.2 Å². The van der Waals surface area contributed by atoms with Gasteiger partial charge in [0.25, 0.3) is 0 Å². The van der Waals surface area contributed by atoms with E-state index in [4.69, 9.17) is 16.1 Å². The first-order valence-corrected chi connectivity index (χ1v) is 20.5. The summed E-state index contributed by atoms with van der Waals surface area (Å²) in [5, 5.41) is 35.6. The van der Waals surface area contributed by atoms with Gasteiger partial charge < -0.3 is 31.3 Å². The summed E-state index contributed by atoms with van der Waals surface area (Å²) in [6.07, 6.45) is 23.8. The van der Waals surface area contributed by atoms with Gasteiger partial charge in [-0.05, 0) is 70.1 Å². The minimum atomic E-state index is -1.19. The molecule has 1 rings (SSSR count). The number of unbranched alkanes of at least 4 members (excludes halogenated alkanes) is 16. The molecule has 0 aromatic rings. The van der Waals surface area contributed by atoms with Gasteiger partial charge >= 0.3 is 17.9 Å². The van der Waals surface area contributed by atoms with Crippen molar-refractivity contribution in [3.8, 4) is 0 Å². The summed E-state index contributed by atoms with van der Waals surface area (Å²) in [6.45, 7) is 0.924. The Labute approximate surface area is 316 Å². The highest BCUT2D eigenvalue weighted by Gasteiger charge is 2.29. The Morgan fingerprint density at radius 1 is 0.528 bits per heavy atom. The van der Waals surface area contributed by atoms with Gasteiger partial charge in [-0.1, -0.05) is 89.9 Å². The molecule has 3 amide bonds. The zero-order valence-electron chi connectivity index (χ0n) is 32.2. The van der Waals surface area contributed by atoms with Crippen molar-refractivity contribution in [1.29, 1.82) is 0 Å². The highest BCUT2D eigenvalue weighted by Crippen LogP contribution is 2.29. The second kappa shape index (κ2) is 31.1. The van der Waals surface area contributed by atoms with Crippen molar-refractivity contribution < 1.29 is 44.1 Å². The van der Waals surface area contributed by atoms with E-state index in [0.717, 1.165) is 51.4 Å². The standard InChI is InChI=1S/C39H71N5O9/c40-44-33(39(52)53)19-17-18-28-41-35(46)27-26-32(38(50)51)43-37(49)31-24-22-30(23-25-31)29-42-34(45)20-15-13-11-9-7-5-3-1-2-4-6-8-10-12-14-16-21-36(47)48/h30-33,44H,1-29,40H2,(H,41,46)(H,42,45)(H,43,49)(H,47,48)(H,50,51)(H,52,53)/t30?,31?,32-,33-/m0/s1. The van der Waals surface area contributed by atoms with Crippen LogP contribution in [0, 0.1) is 11.8 Å². The van der Waals surface area contributed by atoms with Crippen molar-refractivity contribution >= 4 is 35.6 Å². The van der Waals surface area contributed by atoms with Gasteiger partial charge in [-0.2, -0.15) is 0 Å². The van der Waals surface area contributed by atoms with E-state index in [1.54, 1.807) is 0 Å². The molecule has 0 spiro atoms. The molecule has 53 heavy (non-hydrogen) atoms. The third-order valence-corrected chi connectivity index (χ3v) is 10.4. The summed E-state index contributed by atoms with van der Waals surface area (Å²) >= 11 is 0. The third kappa shape index (κ3) is 26.2. The van der Waals surface area contributed by atoms with E-state index in [2.05, 4.69) is 21.4 Å². The molecular weight excluding hydrogens is 682 g/mol. The monoisotopic (exact) mass is 754 g/mol. The molecule has 0 aromatic heterocycles. The maximum atomic E-state index is 12.8. The Balaban J connectivity index is 2.03. The highest BCUT2D eigenvalue weighted by molar-refractivity contribution is 5.85. The van der Waals surface area contributed by atoms with Crippen molar-refractivity contribution in [2.45, 2.75) is 185 Å². The van der Waals surface area contributed by atoms with Gasteiger partial charge in [0, 0.05) is 38.3 Å². The first-order valence-electron chi connectivity index (χ1n) is 20.5. The van der Waals surface area contributed by atoms with Gasteiger partial charge in [-0.3, -0.25) is 29.8 Å². The summed E-state index contributed by atoms with van der Waals surface area (Å²) in [7, 11) is 0. The number of carbonyl (C=O) groups excluding carboxylic acids is 3. The predicted octanol–water partition coefficient (Wildman–Crippen LogP) is 5.57. The largest absolute Gasteiger partial charge is 0.481 e. The van der Waals surface area contributed by atoms with Crippen LogP contribution in [0.2, 0.25) is 0 Å². The van der Waals surface area contributed by atoms with Gasteiger partial charge in [0.2, 0.25) is 17.7 Å². The van der Waals surface area contributed by atoms with E-state index >= 15 is 0 Å². The Kier molecular flexibility index (Phi) is 28.0. The van der Waals surface area contributed by atoms with Crippen LogP contribution < -0.4 is 27.2 Å². The molecule has 1 aliphatic rings. The fourth-order valence-electron chi connectivity index (χ4n) is 6.90. The fourth-order valence-corrected chi connectivity index (χ4v) is 6.90. The number of carboxylic acids is 3. The maximum absolute atomic E-state index is 12.8. The molecule has 0 heterocycles. The lowest BCUT2D eigenvalue weighted by atomic mass is 9.81. The topological polar surface area (TPSA) is 237 Å². The van der Waals surface area contributed by atoms with E-state index < -0.39 is 30.0 Å². The van der Waals surface area contributed by atoms with Crippen molar-refractivity contribution in [2.75, 3.05) is 13.1 Å². The lowest BCUT2D eigenvalue weighted by Crippen LogP contribution is -2.45. The number of hydrogen-bond acceptors (Lipinski definition) is 8. The second-order valence-electron chi connectivity index (χ2n) is 14.9. The maximum Gasteiger partial charge on any atom is 0.326 e. The summed E-state index contributed by atoms with van der Waals surface area (Å²) in [6, 6.07) is -2.01. The van der Waals surface area contributed by atoms with Gasteiger partial charge in [-0.25, -0.2) is 10.2 Å². The van der Waals surface area contributed by atoms with E-state index in [9.17, 15) is 33.9 Å². The average molecular weight is 754 g/mol. The number of carbonyl (C=O) groups is 6. The van der Waals surface area contributed by atoms with Crippen molar-refractivity contribution in [2.24, 2.45) is 17.7 Å². The minimum absolute atomic E-state index is 0.0320.